The standard InChI is InChI=1S/C13H26N2O2S2/c1-12(2)4-5-13(9-12,10-14)15-6-7-18-8-11(15)19(3,16)17/h11H,4-10,14H2,1-3H3. The first-order valence-electron chi connectivity index (χ1n) is 6.94. The third-order valence-electron chi connectivity index (χ3n) is 4.64. The molecule has 0 bridgehead atoms. The van der Waals surface area contributed by atoms with Crippen LogP contribution in [0.1, 0.15) is 33.1 Å². The van der Waals surface area contributed by atoms with Gasteiger partial charge in [-0.05, 0) is 24.7 Å². The van der Waals surface area contributed by atoms with Gasteiger partial charge in [-0.25, -0.2) is 8.42 Å². The maximum absolute atomic E-state index is 12.1. The van der Waals surface area contributed by atoms with E-state index in [9.17, 15) is 8.42 Å². The lowest BCUT2D eigenvalue weighted by Crippen LogP contribution is -2.61. The first-order chi connectivity index (χ1) is 8.70. The summed E-state index contributed by atoms with van der Waals surface area (Å²) in [7, 11) is -3.05. The lowest BCUT2D eigenvalue weighted by molar-refractivity contribution is 0.0846. The summed E-state index contributed by atoms with van der Waals surface area (Å²) in [5.41, 5.74) is 6.24. The molecule has 1 aliphatic carbocycles. The molecule has 4 nitrogen and oxygen atoms in total. The fraction of sp³-hybridized carbons (Fsp3) is 1.00. The van der Waals surface area contributed by atoms with Gasteiger partial charge in [0.25, 0.3) is 0 Å². The van der Waals surface area contributed by atoms with Crippen molar-refractivity contribution in [3.05, 3.63) is 0 Å². The van der Waals surface area contributed by atoms with Crippen LogP contribution in [0, 0.1) is 5.41 Å². The predicted molar refractivity (Wildman–Crippen MR) is 82.1 cm³/mol. The summed E-state index contributed by atoms with van der Waals surface area (Å²) in [6.45, 7) is 5.93. The molecule has 1 heterocycles. The number of rotatable bonds is 3. The highest BCUT2D eigenvalue weighted by atomic mass is 32.2. The molecule has 19 heavy (non-hydrogen) atoms. The van der Waals surface area contributed by atoms with Crippen molar-refractivity contribution in [2.45, 2.75) is 44.0 Å². The summed E-state index contributed by atoms with van der Waals surface area (Å²) in [4.78, 5) is 2.22. The van der Waals surface area contributed by atoms with Gasteiger partial charge in [0.15, 0.2) is 9.84 Å². The number of nitrogens with two attached hydrogens (primary N) is 1. The van der Waals surface area contributed by atoms with E-state index in [1.165, 1.54) is 6.26 Å². The molecule has 6 heteroatoms. The Bertz CT molecular complexity index is 436. The average Bonchev–Trinajstić information content (AvgIpc) is 2.65. The second-order valence-corrected chi connectivity index (χ2v) is 10.2. The molecule has 2 N–H and O–H groups in total. The van der Waals surface area contributed by atoms with E-state index in [4.69, 9.17) is 5.73 Å². The molecule has 2 fully saturated rings. The quantitative estimate of drug-likeness (QED) is 0.852. The monoisotopic (exact) mass is 306 g/mol. The highest BCUT2D eigenvalue weighted by molar-refractivity contribution is 8.00. The van der Waals surface area contributed by atoms with Crippen LogP contribution in [-0.4, -0.2) is 55.1 Å². The molecule has 112 valence electrons. The second kappa shape index (κ2) is 5.20. The van der Waals surface area contributed by atoms with E-state index < -0.39 is 9.84 Å². The summed E-state index contributed by atoms with van der Waals surface area (Å²) < 4.78 is 24.2. The van der Waals surface area contributed by atoms with E-state index in [0.717, 1.165) is 31.6 Å². The molecule has 1 saturated carbocycles. The highest BCUT2D eigenvalue weighted by Crippen LogP contribution is 2.48. The number of hydrogen-bond donors (Lipinski definition) is 1. The van der Waals surface area contributed by atoms with E-state index >= 15 is 0 Å². The Morgan fingerprint density at radius 1 is 1.37 bits per heavy atom. The Morgan fingerprint density at radius 3 is 2.53 bits per heavy atom. The van der Waals surface area contributed by atoms with Gasteiger partial charge in [0.2, 0.25) is 0 Å². The number of thioether (sulfide) groups is 1. The Labute approximate surface area is 121 Å². The Hall–Kier alpha value is 0.220. The third kappa shape index (κ3) is 3.12. The SMILES string of the molecule is CC1(C)CCC(CN)(N2CCSCC2S(C)(=O)=O)C1. The van der Waals surface area contributed by atoms with Gasteiger partial charge in [0.1, 0.15) is 5.37 Å². The minimum Gasteiger partial charge on any atom is -0.329 e. The third-order valence-corrected chi connectivity index (χ3v) is 7.29. The Morgan fingerprint density at radius 2 is 2.05 bits per heavy atom. The van der Waals surface area contributed by atoms with Crippen molar-refractivity contribution in [1.82, 2.24) is 4.90 Å². The van der Waals surface area contributed by atoms with E-state index in [1.807, 2.05) is 0 Å². The molecule has 0 amide bonds. The summed E-state index contributed by atoms with van der Waals surface area (Å²) >= 11 is 1.74. The smallest absolute Gasteiger partial charge is 0.164 e. The van der Waals surface area contributed by atoms with Crippen LogP contribution in [0.15, 0.2) is 0 Å². The molecule has 0 aromatic carbocycles. The van der Waals surface area contributed by atoms with Crippen LogP contribution in [0.4, 0.5) is 0 Å². The van der Waals surface area contributed by atoms with Gasteiger partial charge in [0, 0.05) is 36.4 Å². The number of nitrogens with zero attached hydrogens (tertiary/aromatic N) is 1. The second-order valence-electron chi connectivity index (χ2n) is 6.82. The maximum atomic E-state index is 12.1. The van der Waals surface area contributed by atoms with Gasteiger partial charge in [0.05, 0.1) is 0 Å². The van der Waals surface area contributed by atoms with Crippen molar-refractivity contribution in [2.75, 3.05) is 30.9 Å². The molecule has 2 rings (SSSR count). The fourth-order valence-corrected chi connectivity index (χ4v) is 6.60. The number of hydrogen-bond acceptors (Lipinski definition) is 5. The van der Waals surface area contributed by atoms with Crippen molar-refractivity contribution in [3.63, 3.8) is 0 Å². The maximum Gasteiger partial charge on any atom is 0.164 e. The summed E-state index contributed by atoms with van der Waals surface area (Å²) in [5.74, 6) is 1.69. The summed E-state index contributed by atoms with van der Waals surface area (Å²) in [6, 6.07) is 0. The minimum atomic E-state index is -3.05. The molecule has 1 aliphatic heterocycles. The highest BCUT2D eigenvalue weighted by Gasteiger charge is 2.50. The molecular weight excluding hydrogens is 280 g/mol. The fourth-order valence-electron chi connectivity index (χ4n) is 3.65. The van der Waals surface area contributed by atoms with Crippen LogP contribution in [0.2, 0.25) is 0 Å². The van der Waals surface area contributed by atoms with Gasteiger partial charge in [-0.1, -0.05) is 13.8 Å². The summed E-state index contributed by atoms with van der Waals surface area (Å²) in [6.07, 6.45) is 4.52. The Balaban J connectivity index is 2.31. The first kappa shape index (κ1) is 15.6. The van der Waals surface area contributed by atoms with Crippen molar-refractivity contribution in [1.29, 1.82) is 0 Å². The van der Waals surface area contributed by atoms with Crippen LogP contribution in [0.3, 0.4) is 0 Å². The van der Waals surface area contributed by atoms with Crippen molar-refractivity contribution < 1.29 is 8.42 Å². The lowest BCUT2D eigenvalue weighted by atomic mass is 9.86. The van der Waals surface area contributed by atoms with Crippen LogP contribution in [-0.2, 0) is 9.84 Å². The van der Waals surface area contributed by atoms with Gasteiger partial charge >= 0.3 is 0 Å². The summed E-state index contributed by atoms with van der Waals surface area (Å²) in [5, 5.41) is -0.358. The topological polar surface area (TPSA) is 63.4 Å². The van der Waals surface area contributed by atoms with E-state index in [2.05, 4.69) is 18.7 Å². The predicted octanol–water partition coefficient (Wildman–Crippen LogP) is 1.31. The first-order valence-corrected chi connectivity index (χ1v) is 10.0. The average molecular weight is 306 g/mol. The molecule has 2 aliphatic rings. The van der Waals surface area contributed by atoms with Crippen molar-refractivity contribution in [2.24, 2.45) is 11.1 Å². The molecule has 0 aromatic rings. The minimum absolute atomic E-state index is 0.113. The zero-order valence-electron chi connectivity index (χ0n) is 12.2. The largest absolute Gasteiger partial charge is 0.329 e. The molecule has 0 spiro atoms. The van der Waals surface area contributed by atoms with Gasteiger partial charge in [-0.15, -0.1) is 0 Å². The molecule has 2 atom stereocenters. The van der Waals surface area contributed by atoms with E-state index in [1.54, 1.807) is 11.8 Å². The molecule has 0 aromatic heterocycles. The van der Waals surface area contributed by atoms with Crippen molar-refractivity contribution >= 4 is 21.6 Å². The zero-order valence-corrected chi connectivity index (χ0v) is 13.8. The van der Waals surface area contributed by atoms with Crippen LogP contribution < -0.4 is 5.73 Å². The number of sulfone groups is 1. The van der Waals surface area contributed by atoms with Gasteiger partial charge in [-0.2, -0.15) is 11.8 Å². The van der Waals surface area contributed by atoms with E-state index in [-0.39, 0.29) is 16.3 Å². The van der Waals surface area contributed by atoms with Gasteiger partial charge < -0.3 is 5.73 Å². The van der Waals surface area contributed by atoms with Crippen molar-refractivity contribution in [3.8, 4) is 0 Å². The zero-order chi connectivity index (χ0) is 14.3. The van der Waals surface area contributed by atoms with E-state index in [0.29, 0.717) is 12.3 Å². The van der Waals surface area contributed by atoms with Crippen LogP contribution in [0.25, 0.3) is 0 Å². The lowest BCUT2D eigenvalue weighted by Gasteiger charge is -2.47. The molecule has 2 unspecified atom stereocenters. The molecular formula is C13H26N2O2S2. The van der Waals surface area contributed by atoms with Crippen LogP contribution >= 0.6 is 11.8 Å². The normalized spacial score (nSPS) is 36.5. The van der Waals surface area contributed by atoms with Gasteiger partial charge in [-0.3, -0.25) is 4.90 Å². The van der Waals surface area contributed by atoms with Crippen LogP contribution in [0.5, 0.6) is 0 Å². The molecule has 1 saturated heterocycles. The molecule has 0 radical (unpaired) electrons. The Kier molecular flexibility index (Phi) is 4.27.